The first-order valence-corrected chi connectivity index (χ1v) is 6.68. The summed E-state index contributed by atoms with van der Waals surface area (Å²) in [5.74, 6) is 0.705. The van der Waals surface area contributed by atoms with Crippen molar-refractivity contribution in [2.24, 2.45) is 0 Å². The normalized spacial score (nSPS) is 11.8. The molecule has 0 fully saturated rings. The summed E-state index contributed by atoms with van der Waals surface area (Å²) in [6.07, 6.45) is 0. The SMILES string of the molecule is Cc1nn(C(C)(C)C)c(=O)n1Cc1ccc(CO)cc1. The van der Waals surface area contributed by atoms with Crippen LogP contribution in [0, 0.1) is 6.92 Å². The van der Waals surface area contributed by atoms with Gasteiger partial charge in [0, 0.05) is 0 Å². The first-order chi connectivity index (χ1) is 9.32. The average molecular weight is 275 g/mol. The highest BCUT2D eigenvalue weighted by Crippen LogP contribution is 2.11. The van der Waals surface area contributed by atoms with Crippen molar-refractivity contribution in [2.45, 2.75) is 46.4 Å². The Morgan fingerprint density at radius 3 is 2.15 bits per heavy atom. The Balaban J connectivity index is 2.34. The van der Waals surface area contributed by atoms with Crippen molar-refractivity contribution >= 4 is 0 Å². The lowest BCUT2D eigenvalue weighted by molar-refractivity contribution is 0.282. The van der Waals surface area contributed by atoms with E-state index >= 15 is 0 Å². The molecule has 0 unspecified atom stereocenters. The van der Waals surface area contributed by atoms with Gasteiger partial charge in [0.2, 0.25) is 0 Å². The third kappa shape index (κ3) is 2.82. The Bertz CT molecular complexity index is 645. The molecule has 0 aliphatic rings. The molecule has 0 radical (unpaired) electrons. The van der Waals surface area contributed by atoms with E-state index < -0.39 is 0 Å². The highest BCUT2D eigenvalue weighted by Gasteiger charge is 2.20. The van der Waals surface area contributed by atoms with E-state index in [1.807, 2.05) is 52.0 Å². The maximum Gasteiger partial charge on any atom is 0.346 e. The maximum absolute atomic E-state index is 12.4. The van der Waals surface area contributed by atoms with Gasteiger partial charge >= 0.3 is 5.69 Å². The molecule has 0 saturated carbocycles. The van der Waals surface area contributed by atoms with Crippen molar-refractivity contribution < 1.29 is 5.11 Å². The summed E-state index contributed by atoms with van der Waals surface area (Å²) in [5, 5.41) is 13.4. The zero-order valence-electron chi connectivity index (χ0n) is 12.4. The van der Waals surface area contributed by atoms with Gasteiger partial charge in [-0.05, 0) is 38.8 Å². The van der Waals surface area contributed by atoms with Crippen molar-refractivity contribution in [3.8, 4) is 0 Å². The summed E-state index contributed by atoms with van der Waals surface area (Å²) in [7, 11) is 0. The van der Waals surface area contributed by atoms with E-state index in [4.69, 9.17) is 5.11 Å². The van der Waals surface area contributed by atoms with Gasteiger partial charge in [0.25, 0.3) is 0 Å². The lowest BCUT2D eigenvalue weighted by Crippen LogP contribution is -2.35. The molecule has 1 aromatic heterocycles. The van der Waals surface area contributed by atoms with E-state index in [9.17, 15) is 4.79 Å². The fraction of sp³-hybridized carbons (Fsp3) is 0.467. The smallest absolute Gasteiger partial charge is 0.346 e. The standard InChI is InChI=1S/C15H21N3O2/c1-11-16-18(15(2,3)4)14(20)17(11)9-12-5-7-13(10-19)8-6-12/h5-8,19H,9-10H2,1-4H3. The number of aromatic nitrogens is 3. The molecule has 108 valence electrons. The summed E-state index contributed by atoms with van der Waals surface area (Å²) in [6.45, 7) is 8.24. The number of rotatable bonds is 3. The fourth-order valence-corrected chi connectivity index (χ4v) is 2.05. The van der Waals surface area contributed by atoms with Crippen molar-refractivity contribution in [3.05, 3.63) is 51.7 Å². The fourth-order valence-electron chi connectivity index (χ4n) is 2.05. The molecule has 0 saturated heterocycles. The van der Waals surface area contributed by atoms with Crippen LogP contribution in [0.4, 0.5) is 0 Å². The molecule has 1 N–H and O–H groups in total. The summed E-state index contributed by atoms with van der Waals surface area (Å²) >= 11 is 0. The van der Waals surface area contributed by atoms with Crippen LogP contribution >= 0.6 is 0 Å². The minimum Gasteiger partial charge on any atom is -0.392 e. The highest BCUT2D eigenvalue weighted by atomic mass is 16.3. The van der Waals surface area contributed by atoms with Crippen LogP contribution in [-0.2, 0) is 18.7 Å². The van der Waals surface area contributed by atoms with E-state index in [1.54, 1.807) is 4.57 Å². The number of aliphatic hydroxyl groups excluding tert-OH is 1. The molecule has 0 spiro atoms. The zero-order chi connectivity index (χ0) is 14.9. The molecule has 5 heteroatoms. The van der Waals surface area contributed by atoms with Gasteiger partial charge in [0.15, 0.2) is 0 Å². The monoisotopic (exact) mass is 275 g/mol. The Kier molecular flexibility index (Phi) is 3.81. The predicted molar refractivity (Wildman–Crippen MR) is 77.7 cm³/mol. The van der Waals surface area contributed by atoms with Crippen molar-refractivity contribution in [1.82, 2.24) is 14.3 Å². The van der Waals surface area contributed by atoms with Crippen molar-refractivity contribution in [3.63, 3.8) is 0 Å². The van der Waals surface area contributed by atoms with E-state index in [-0.39, 0.29) is 17.8 Å². The number of hydrogen-bond acceptors (Lipinski definition) is 3. The van der Waals surface area contributed by atoms with Gasteiger partial charge < -0.3 is 5.11 Å². The molecular formula is C15H21N3O2. The molecule has 20 heavy (non-hydrogen) atoms. The maximum atomic E-state index is 12.4. The third-order valence-corrected chi connectivity index (χ3v) is 3.23. The van der Waals surface area contributed by atoms with Gasteiger partial charge in [-0.1, -0.05) is 24.3 Å². The summed E-state index contributed by atoms with van der Waals surface area (Å²) in [5.41, 5.74) is 1.46. The third-order valence-electron chi connectivity index (χ3n) is 3.23. The molecule has 1 aromatic carbocycles. The molecule has 2 aromatic rings. The van der Waals surface area contributed by atoms with Gasteiger partial charge in [-0.25, -0.2) is 9.48 Å². The van der Waals surface area contributed by atoms with Crippen LogP contribution in [0.2, 0.25) is 0 Å². The van der Waals surface area contributed by atoms with Crippen molar-refractivity contribution in [1.29, 1.82) is 0 Å². The average Bonchev–Trinajstić information content (AvgIpc) is 2.67. The van der Waals surface area contributed by atoms with Crippen LogP contribution in [0.1, 0.15) is 37.7 Å². The van der Waals surface area contributed by atoms with E-state index in [0.29, 0.717) is 12.4 Å². The van der Waals surface area contributed by atoms with Gasteiger partial charge in [-0.3, -0.25) is 4.57 Å². The summed E-state index contributed by atoms with van der Waals surface area (Å²) in [6, 6.07) is 7.57. The van der Waals surface area contributed by atoms with E-state index in [0.717, 1.165) is 11.1 Å². The largest absolute Gasteiger partial charge is 0.392 e. The Morgan fingerprint density at radius 1 is 1.15 bits per heavy atom. The molecular weight excluding hydrogens is 254 g/mol. The second-order valence-corrected chi connectivity index (χ2v) is 5.97. The number of aryl methyl sites for hydroxylation is 1. The van der Waals surface area contributed by atoms with Crippen molar-refractivity contribution in [2.75, 3.05) is 0 Å². The minimum atomic E-state index is -0.326. The molecule has 2 rings (SSSR count). The highest BCUT2D eigenvalue weighted by molar-refractivity contribution is 5.22. The Morgan fingerprint density at radius 2 is 1.70 bits per heavy atom. The molecule has 0 aliphatic carbocycles. The second kappa shape index (κ2) is 5.25. The van der Waals surface area contributed by atoms with Crippen LogP contribution in [0.5, 0.6) is 0 Å². The topological polar surface area (TPSA) is 60.0 Å². The minimum absolute atomic E-state index is 0.0290. The van der Waals surface area contributed by atoms with Crippen LogP contribution in [-0.4, -0.2) is 19.5 Å². The van der Waals surface area contributed by atoms with E-state index in [1.165, 1.54) is 4.68 Å². The van der Waals surface area contributed by atoms with E-state index in [2.05, 4.69) is 5.10 Å². The van der Waals surface area contributed by atoms with Crippen LogP contribution in [0.25, 0.3) is 0 Å². The zero-order valence-corrected chi connectivity index (χ0v) is 12.4. The molecule has 0 amide bonds. The molecule has 5 nitrogen and oxygen atoms in total. The number of hydrogen-bond donors (Lipinski definition) is 1. The van der Waals surface area contributed by atoms with Crippen LogP contribution in [0.3, 0.4) is 0 Å². The number of aliphatic hydroxyl groups is 1. The Hall–Kier alpha value is -1.88. The second-order valence-electron chi connectivity index (χ2n) is 5.97. The first-order valence-electron chi connectivity index (χ1n) is 6.68. The van der Waals surface area contributed by atoms with Gasteiger partial charge in [0.1, 0.15) is 5.82 Å². The first kappa shape index (κ1) is 14.5. The van der Waals surface area contributed by atoms with Crippen LogP contribution < -0.4 is 5.69 Å². The molecule has 0 bridgehead atoms. The quantitative estimate of drug-likeness (QED) is 0.926. The number of nitrogens with zero attached hydrogens (tertiary/aromatic N) is 3. The van der Waals surface area contributed by atoms with Gasteiger partial charge in [-0.15, -0.1) is 0 Å². The lowest BCUT2D eigenvalue weighted by Gasteiger charge is -2.16. The van der Waals surface area contributed by atoms with Gasteiger partial charge in [-0.2, -0.15) is 5.10 Å². The molecule has 1 heterocycles. The predicted octanol–water partition coefficient (Wildman–Crippen LogP) is 1.65. The number of benzene rings is 1. The Labute approximate surface area is 118 Å². The van der Waals surface area contributed by atoms with Crippen LogP contribution in [0.15, 0.2) is 29.1 Å². The summed E-state index contributed by atoms with van der Waals surface area (Å²) < 4.78 is 3.18. The van der Waals surface area contributed by atoms with Gasteiger partial charge in [0.05, 0.1) is 18.7 Å². The lowest BCUT2D eigenvalue weighted by atomic mass is 10.1. The molecule has 0 atom stereocenters. The summed E-state index contributed by atoms with van der Waals surface area (Å²) in [4.78, 5) is 12.4. The molecule has 0 aliphatic heterocycles.